The van der Waals surface area contributed by atoms with Crippen molar-refractivity contribution in [3.63, 3.8) is 0 Å². The molecular weight excluding hydrogens is 222 g/mol. The minimum Gasteiger partial charge on any atom is -0.340 e. The highest BCUT2D eigenvalue weighted by atomic mass is 15.0. The fourth-order valence-corrected chi connectivity index (χ4v) is 2.94. The lowest BCUT2D eigenvalue weighted by Crippen LogP contribution is -2.31. The first kappa shape index (κ1) is 13.2. The van der Waals surface area contributed by atoms with Crippen molar-refractivity contribution in [2.24, 2.45) is 13.0 Å². The normalized spacial score (nSPS) is 17.9. The monoisotopic (exact) mass is 245 g/mol. The van der Waals surface area contributed by atoms with Gasteiger partial charge in [0.05, 0.1) is 0 Å². The summed E-state index contributed by atoms with van der Waals surface area (Å²) in [6, 6.07) is 4.82. The zero-order valence-electron chi connectivity index (χ0n) is 11.7. The van der Waals surface area contributed by atoms with Crippen LogP contribution in [0.2, 0.25) is 0 Å². The Morgan fingerprint density at radius 1 is 1.50 bits per heavy atom. The summed E-state index contributed by atoms with van der Waals surface area (Å²) in [4.78, 5) is 0. The fraction of sp³-hybridized carbons (Fsp3) is 0.667. The predicted octanol–water partition coefficient (Wildman–Crippen LogP) is 2.87. The molecule has 1 fully saturated rings. The molecule has 0 aliphatic heterocycles. The van der Waals surface area contributed by atoms with Crippen molar-refractivity contribution < 1.29 is 0 Å². The molecule has 1 saturated carbocycles. The van der Waals surface area contributed by atoms with Gasteiger partial charge in [-0.3, -0.25) is 0 Å². The smallest absolute Gasteiger partial charge is 0.120 e. The highest BCUT2D eigenvalue weighted by molar-refractivity contribution is 5.34. The van der Waals surface area contributed by atoms with Crippen LogP contribution in [0.25, 0.3) is 0 Å². The topological polar surface area (TPSA) is 40.8 Å². The van der Waals surface area contributed by atoms with Crippen molar-refractivity contribution in [1.29, 1.82) is 5.26 Å². The third kappa shape index (κ3) is 2.59. The van der Waals surface area contributed by atoms with Crippen LogP contribution < -0.4 is 5.32 Å². The number of hydrogen-bond donors (Lipinski definition) is 1. The Morgan fingerprint density at radius 3 is 2.72 bits per heavy atom. The number of hydrogen-bond acceptors (Lipinski definition) is 2. The maximum Gasteiger partial charge on any atom is 0.120 e. The van der Waals surface area contributed by atoms with Crippen LogP contribution in [-0.4, -0.2) is 10.6 Å². The molecule has 3 heteroatoms. The van der Waals surface area contributed by atoms with E-state index in [-0.39, 0.29) is 0 Å². The molecule has 0 radical (unpaired) electrons. The van der Waals surface area contributed by atoms with Gasteiger partial charge in [0.15, 0.2) is 0 Å². The van der Waals surface area contributed by atoms with Gasteiger partial charge in [0, 0.05) is 25.3 Å². The quantitative estimate of drug-likeness (QED) is 0.886. The highest BCUT2D eigenvalue weighted by Gasteiger charge is 2.21. The first-order valence-electron chi connectivity index (χ1n) is 6.92. The Labute approximate surface area is 110 Å². The van der Waals surface area contributed by atoms with E-state index in [9.17, 15) is 0 Å². The zero-order chi connectivity index (χ0) is 13.1. The summed E-state index contributed by atoms with van der Waals surface area (Å²) in [6.07, 6.45) is 5.51. The van der Waals surface area contributed by atoms with Gasteiger partial charge in [-0.05, 0) is 44.2 Å². The van der Waals surface area contributed by atoms with Crippen molar-refractivity contribution in [2.75, 3.05) is 0 Å². The van der Waals surface area contributed by atoms with E-state index in [2.05, 4.69) is 25.2 Å². The number of nitrogens with one attached hydrogen (secondary N) is 1. The average Bonchev–Trinajstić information content (AvgIpc) is 2.98. The van der Waals surface area contributed by atoms with E-state index >= 15 is 0 Å². The van der Waals surface area contributed by atoms with Crippen molar-refractivity contribution in [3.8, 4) is 6.07 Å². The van der Waals surface area contributed by atoms with Crippen molar-refractivity contribution in [2.45, 2.75) is 52.1 Å². The molecule has 0 amide bonds. The first-order valence-corrected chi connectivity index (χ1v) is 6.92. The third-order valence-electron chi connectivity index (χ3n) is 4.48. The Balaban J connectivity index is 1.95. The fourth-order valence-electron chi connectivity index (χ4n) is 2.94. The summed E-state index contributed by atoms with van der Waals surface area (Å²) in [5, 5.41) is 12.6. The van der Waals surface area contributed by atoms with E-state index in [4.69, 9.17) is 5.26 Å². The molecule has 1 aliphatic rings. The van der Waals surface area contributed by atoms with Crippen LogP contribution in [0, 0.1) is 24.2 Å². The van der Waals surface area contributed by atoms with Crippen molar-refractivity contribution in [3.05, 3.63) is 23.0 Å². The van der Waals surface area contributed by atoms with Crippen LogP contribution in [0.1, 0.15) is 49.6 Å². The van der Waals surface area contributed by atoms with E-state index in [0.29, 0.717) is 6.04 Å². The first-order chi connectivity index (χ1) is 8.63. The van der Waals surface area contributed by atoms with Crippen LogP contribution in [0.5, 0.6) is 0 Å². The van der Waals surface area contributed by atoms with E-state index in [1.54, 1.807) is 0 Å². The predicted molar refractivity (Wildman–Crippen MR) is 73.1 cm³/mol. The molecule has 3 nitrogen and oxygen atoms in total. The Bertz CT molecular complexity index is 447. The average molecular weight is 245 g/mol. The second-order valence-electron chi connectivity index (χ2n) is 5.53. The van der Waals surface area contributed by atoms with Gasteiger partial charge < -0.3 is 9.88 Å². The lowest BCUT2D eigenvalue weighted by atomic mass is 9.99. The molecule has 98 valence electrons. The van der Waals surface area contributed by atoms with Crippen molar-refractivity contribution >= 4 is 0 Å². The number of nitrogens with zero attached hydrogens (tertiary/aromatic N) is 2. The summed E-state index contributed by atoms with van der Waals surface area (Å²) >= 11 is 0. The van der Waals surface area contributed by atoms with Crippen LogP contribution in [-0.2, 0) is 13.6 Å². The Kier molecular flexibility index (Phi) is 4.08. The molecule has 0 spiro atoms. The van der Waals surface area contributed by atoms with Crippen LogP contribution in [0.4, 0.5) is 0 Å². The maximum absolute atomic E-state index is 9.01. The summed E-state index contributed by atoms with van der Waals surface area (Å²) in [5.74, 6) is 0.837. The minimum atomic E-state index is 0.581. The molecule has 0 saturated heterocycles. The molecule has 1 heterocycles. The summed E-state index contributed by atoms with van der Waals surface area (Å²) in [5.41, 5.74) is 3.19. The lowest BCUT2D eigenvalue weighted by molar-refractivity contribution is 0.380. The number of rotatable bonds is 4. The van der Waals surface area contributed by atoms with Gasteiger partial charge in [-0.1, -0.05) is 12.8 Å². The molecule has 0 aromatic carbocycles. The van der Waals surface area contributed by atoms with Gasteiger partial charge in [-0.25, -0.2) is 0 Å². The lowest BCUT2D eigenvalue weighted by Gasteiger charge is -2.20. The largest absolute Gasteiger partial charge is 0.340 e. The van der Waals surface area contributed by atoms with Gasteiger partial charge in [0.2, 0.25) is 0 Å². The highest BCUT2D eigenvalue weighted by Crippen LogP contribution is 2.27. The maximum atomic E-state index is 9.01. The number of nitriles is 1. The van der Waals surface area contributed by atoms with E-state index in [1.807, 2.05) is 17.7 Å². The minimum absolute atomic E-state index is 0.581. The molecular formula is C15H23N3. The molecule has 1 atom stereocenters. The van der Waals surface area contributed by atoms with Crippen LogP contribution in [0.15, 0.2) is 6.07 Å². The second kappa shape index (κ2) is 5.58. The second-order valence-corrected chi connectivity index (χ2v) is 5.53. The summed E-state index contributed by atoms with van der Waals surface area (Å²) in [6.45, 7) is 5.25. The SMILES string of the molecule is Cc1c(CN[C@H](C)C2CCCC2)cc(C#N)n1C. The van der Waals surface area contributed by atoms with Crippen LogP contribution in [0.3, 0.4) is 0 Å². The molecule has 0 bridgehead atoms. The van der Waals surface area contributed by atoms with Crippen molar-refractivity contribution in [1.82, 2.24) is 9.88 Å². The van der Waals surface area contributed by atoms with Gasteiger partial charge in [0.25, 0.3) is 0 Å². The summed E-state index contributed by atoms with van der Waals surface area (Å²) in [7, 11) is 1.96. The summed E-state index contributed by atoms with van der Waals surface area (Å²) < 4.78 is 1.97. The van der Waals surface area contributed by atoms with Gasteiger partial charge in [-0.15, -0.1) is 0 Å². The van der Waals surface area contributed by atoms with E-state index < -0.39 is 0 Å². The van der Waals surface area contributed by atoms with Gasteiger partial charge in [-0.2, -0.15) is 5.26 Å². The molecule has 1 aliphatic carbocycles. The van der Waals surface area contributed by atoms with Crippen LogP contribution >= 0.6 is 0 Å². The molecule has 1 aromatic rings. The molecule has 2 rings (SSSR count). The van der Waals surface area contributed by atoms with Gasteiger partial charge >= 0.3 is 0 Å². The Hall–Kier alpha value is -1.27. The number of aromatic nitrogens is 1. The molecule has 18 heavy (non-hydrogen) atoms. The molecule has 1 aromatic heterocycles. The van der Waals surface area contributed by atoms with E-state index in [1.165, 1.54) is 36.9 Å². The zero-order valence-corrected chi connectivity index (χ0v) is 11.7. The standard InChI is InChI=1S/C15H23N3/c1-11(13-6-4-5-7-13)17-10-14-8-15(9-16)18(3)12(14)2/h8,11,13,17H,4-7,10H2,1-3H3/t11-/m1/s1. The molecule has 0 unspecified atom stereocenters. The third-order valence-corrected chi connectivity index (χ3v) is 4.48. The molecule has 1 N–H and O–H groups in total. The van der Waals surface area contributed by atoms with E-state index in [0.717, 1.165) is 18.2 Å². The van der Waals surface area contributed by atoms with Gasteiger partial charge in [0.1, 0.15) is 11.8 Å². The Morgan fingerprint density at radius 2 is 2.17 bits per heavy atom.